The quantitative estimate of drug-likeness (QED) is 0.640. The number of thiol groups is 1. The summed E-state index contributed by atoms with van der Waals surface area (Å²) in [5.41, 5.74) is 0. The Kier molecular flexibility index (Phi) is 7.09. The number of nitrogens with one attached hydrogen (secondary N) is 1. The maximum absolute atomic E-state index is 11.3. The highest BCUT2D eigenvalue weighted by Crippen LogP contribution is 1.99. The van der Waals surface area contributed by atoms with E-state index in [1.165, 1.54) is 0 Å². The minimum absolute atomic E-state index is 0.0289. The third-order valence-electron chi connectivity index (χ3n) is 1.73. The molecule has 0 saturated heterocycles. The van der Waals surface area contributed by atoms with Gasteiger partial charge < -0.3 is 10.1 Å². The van der Waals surface area contributed by atoms with Crippen molar-refractivity contribution in [2.24, 2.45) is 0 Å². The summed E-state index contributed by atoms with van der Waals surface area (Å²) in [6.45, 7) is 4.41. The highest BCUT2D eigenvalue weighted by atomic mass is 32.1. The van der Waals surface area contributed by atoms with Crippen molar-refractivity contribution in [3.63, 3.8) is 0 Å². The van der Waals surface area contributed by atoms with Crippen LogP contribution in [0.1, 0.15) is 26.7 Å². The molecule has 2 atom stereocenters. The van der Waals surface area contributed by atoms with E-state index in [4.69, 9.17) is 4.74 Å². The lowest BCUT2D eigenvalue weighted by atomic mass is 10.2. The topological polar surface area (TPSA) is 38.3 Å². The molecule has 3 nitrogen and oxygen atoms in total. The molecule has 0 saturated carbocycles. The van der Waals surface area contributed by atoms with Gasteiger partial charge in [0.25, 0.3) is 0 Å². The van der Waals surface area contributed by atoms with E-state index in [-0.39, 0.29) is 17.2 Å². The van der Waals surface area contributed by atoms with Crippen molar-refractivity contribution in [2.75, 3.05) is 13.7 Å². The van der Waals surface area contributed by atoms with Gasteiger partial charge in [-0.2, -0.15) is 12.6 Å². The molecular weight excluding hydrogens is 186 g/mol. The molecule has 0 aromatic heterocycles. The van der Waals surface area contributed by atoms with E-state index in [1.807, 2.05) is 0 Å². The van der Waals surface area contributed by atoms with Gasteiger partial charge in [-0.3, -0.25) is 4.79 Å². The van der Waals surface area contributed by atoms with Gasteiger partial charge in [-0.25, -0.2) is 0 Å². The van der Waals surface area contributed by atoms with Crippen molar-refractivity contribution in [1.82, 2.24) is 5.32 Å². The van der Waals surface area contributed by atoms with Gasteiger partial charge in [0.2, 0.25) is 5.91 Å². The Morgan fingerprint density at radius 1 is 1.62 bits per heavy atom. The summed E-state index contributed by atoms with van der Waals surface area (Å²) < 4.78 is 5.00. The van der Waals surface area contributed by atoms with Crippen LogP contribution in [0.25, 0.3) is 0 Å². The average Bonchev–Trinajstić information content (AvgIpc) is 2.05. The molecule has 0 aromatic rings. The van der Waals surface area contributed by atoms with E-state index in [1.54, 1.807) is 14.0 Å². The van der Waals surface area contributed by atoms with Crippen LogP contribution in [-0.2, 0) is 9.53 Å². The fraction of sp³-hybridized carbons (Fsp3) is 0.889. The van der Waals surface area contributed by atoms with Gasteiger partial charge in [-0.05, 0) is 13.3 Å². The largest absolute Gasteiger partial charge is 0.383 e. The Morgan fingerprint density at radius 3 is 2.62 bits per heavy atom. The molecule has 1 amide bonds. The Bertz CT molecular complexity index is 145. The number of methoxy groups -OCH3 is 1. The van der Waals surface area contributed by atoms with Crippen molar-refractivity contribution in [2.45, 2.75) is 38.0 Å². The average molecular weight is 205 g/mol. The fourth-order valence-electron chi connectivity index (χ4n) is 1.07. The van der Waals surface area contributed by atoms with Crippen molar-refractivity contribution in [3.8, 4) is 0 Å². The normalized spacial score (nSPS) is 15.1. The summed E-state index contributed by atoms with van der Waals surface area (Å²) in [5, 5.41) is 2.62. The SMILES string of the molecule is CCCC(COC)NC(=O)C(C)S. The molecule has 78 valence electrons. The summed E-state index contributed by atoms with van der Waals surface area (Å²) in [5.74, 6) is -0.0289. The Balaban J connectivity index is 3.86. The number of hydrogen-bond acceptors (Lipinski definition) is 3. The first-order chi connectivity index (χ1) is 6.11. The summed E-state index contributed by atoms with van der Waals surface area (Å²) >= 11 is 4.05. The predicted octanol–water partition coefficient (Wildman–Crippen LogP) is 1.24. The van der Waals surface area contributed by atoms with Gasteiger partial charge in [-0.15, -0.1) is 0 Å². The van der Waals surface area contributed by atoms with E-state index in [0.29, 0.717) is 6.61 Å². The third-order valence-corrected chi connectivity index (χ3v) is 1.97. The summed E-state index contributed by atoms with van der Waals surface area (Å²) in [6, 6.07) is 0.122. The number of amides is 1. The predicted molar refractivity (Wildman–Crippen MR) is 57.2 cm³/mol. The highest BCUT2D eigenvalue weighted by molar-refractivity contribution is 7.81. The van der Waals surface area contributed by atoms with Gasteiger partial charge in [0.15, 0.2) is 0 Å². The maximum Gasteiger partial charge on any atom is 0.232 e. The molecule has 0 fully saturated rings. The molecule has 2 unspecified atom stereocenters. The Hall–Kier alpha value is -0.220. The third kappa shape index (κ3) is 5.93. The van der Waals surface area contributed by atoms with Crippen molar-refractivity contribution in [3.05, 3.63) is 0 Å². The van der Waals surface area contributed by atoms with Crippen LogP contribution in [0.4, 0.5) is 0 Å². The number of carbonyl (C=O) groups is 1. The molecule has 0 aliphatic heterocycles. The van der Waals surface area contributed by atoms with Crippen LogP contribution >= 0.6 is 12.6 Å². The number of hydrogen-bond donors (Lipinski definition) is 2. The molecule has 13 heavy (non-hydrogen) atoms. The first-order valence-corrected chi connectivity index (χ1v) is 5.10. The second kappa shape index (κ2) is 7.21. The van der Waals surface area contributed by atoms with Crippen molar-refractivity contribution < 1.29 is 9.53 Å². The van der Waals surface area contributed by atoms with Gasteiger partial charge in [0.05, 0.1) is 17.9 Å². The molecule has 0 heterocycles. The number of carbonyl (C=O) groups excluding carboxylic acids is 1. The summed E-state index contributed by atoms with van der Waals surface area (Å²) in [7, 11) is 1.64. The smallest absolute Gasteiger partial charge is 0.232 e. The second-order valence-electron chi connectivity index (χ2n) is 3.13. The van der Waals surface area contributed by atoms with Crippen LogP contribution in [0, 0.1) is 0 Å². The first kappa shape index (κ1) is 12.8. The molecule has 4 heteroatoms. The first-order valence-electron chi connectivity index (χ1n) is 4.59. The van der Waals surface area contributed by atoms with E-state index in [2.05, 4.69) is 24.9 Å². The minimum Gasteiger partial charge on any atom is -0.383 e. The Morgan fingerprint density at radius 2 is 2.23 bits per heavy atom. The molecule has 0 aliphatic carbocycles. The van der Waals surface area contributed by atoms with Gasteiger partial charge in [-0.1, -0.05) is 13.3 Å². The molecule has 0 bridgehead atoms. The molecule has 0 aliphatic rings. The van der Waals surface area contributed by atoms with Gasteiger partial charge in [0, 0.05) is 7.11 Å². The minimum atomic E-state index is -0.254. The van der Waals surface area contributed by atoms with Gasteiger partial charge in [0.1, 0.15) is 0 Å². The summed E-state index contributed by atoms with van der Waals surface area (Å²) in [6.07, 6.45) is 1.98. The van der Waals surface area contributed by atoms with Crippen LogP contribution in [0.2, 0.25) is 0 Å². The molecule has 0 aromatic carbocycles. The maximum atomic E-state index is 11.3. The van der Waals surface area contributed by atoms with E-state index in [0.717, 1.165) is 12.8 Å². The lowest BCUT2D eigenvalue weighted by Gasteiger charge is -2.18. The second-order valence-corrected chi connectivity index (χ2v) is 3.90. The molecule has 0 spiro atoms. The lowest BCUT2D eigenvalue weighted by Crippen LogP contribution is -2.41. The van der Waals surface area contributed by atoms with Crippen LogP contribution in [0.3, 0.4) is 0 Å². The zero-order valence-electron chi connectivity index (χ0n) is 8.54. The molecular formula is C9H19NO2S. The zero-order valence-corrected chi connectivity index (χ0v) is 9.43. The van der Waals surface area contributed by atoms with Crippen LogP contribution in [-0.4, -0.2) is 30.9 Å². The van der Waals surface area contributed by atoms with Crippen molar-refractivity contribution in [1.29, 1.82) is 0 Å². The van der Waals surface area contributed by atoms with E-state index in [9.17, 15) is 4.79 Å². The zero-order chi connectivity index (χ0) is 10.3. The van der Waals surface area contributed by atoms with Crippen LogP contribution in [0.15, 0.2) is 0 Å². The number of ether oxygens (including phenoxy) is 1. The molecule has 1 N–H and O–H groups in total. The lowest BCUT2D eigenvalue weighted by molar-refractivity contribution is -0.121. The van der Waals surface area contributed by atoms with Gasteiger partial charge >= 0.3 is 0 Å². The highest BCUT2D eigenvalue weighted by Gasteiger charge is 2.13. The van der Waals surface area contributed by atoms with Crippen LogP contribution in [0.5, 0.6) is 0 Å². The van der Waals surface area contributed by atoms with Crippen LogP contribution < -0.4 is 5.32 Å². The number of rotatable bonds is 6. The van der Waals surface area contributed by atoms with Crippen molar-refractivity contribution >= 4 is 18.5 Å². The summed E-state index contributed by atoms with van der Waals surface area (Å²) in [4.78, 5) is 11.3. The monoisotopic (exact) mass is 205 g/mol. The standard InChI is InChI=1S/C9H19NO2S/c1-4-5-8(6-12-3)10-9(11)7(2)13/h7-8,13H,4-6H2,1-3H3,(H,10,11). The molecule has 0 radical (unpaired) electrons. The van der Waals surface area contributed by atoms with E-state index >= 15 is 0 Å². The Labute approximate surface area is 85.6 Å². The fourth-order valence-corrected chi connectivity index (χ4v) is 1.14. The molecule has 0 rings (SSSR count). The van der Waals surface area contributed by atoms with E-state index < -0.39 is 0 Å².